The lowest BCUT2D eigenvalue weighted by Gasteiger charge is -2.23. The molecule has 1 fully saturated rings. The number of nitrogens with one attached hydrogen (secondary N) is 1. The molecule has 7 nitrogen and oxygen atoms in total. The van der Waals surface area contributed by atoms with Crippen LogP contribution in [0.25, 0.3) is 11.1 Å². The number of hydrogen-bond donors (Lipinski definition) is 1. The first-order chi connectivity index (χ1) is 13.7. The molecule has 0 radical (unpaired) electrons. The van der Waals surface area contributed by atoms with Crippen molar-refractivity contribution in [3.05, 3.63) is 48.0 Å². The Balaban J connectivity index is 1.44. The Hall–Kier alpha value is -3.22. The molecule has 146 valence electrons. The Kier molecular flexibility index (Phi) is 5.06. The van der Waals surface area contributed by atoms with E-state index in [0.29, 0.717) is 29.6 Å². The molecule has 0 saturated carbocycles. The summed E-state index contributed by atoms with van der Waals surface area (Å²) in [7, 11) is 3.12. The molecule has 28 heavy (non-hydrogen) atoms. The summed E-state index contributed by atoms with van der Waals surface area (Å²) < 4.78 is 16.4. The van der Waals surface area contributed by atoms with Crippen molar-refractivity contribution >= 4 is 23.0 Å². The van der Waals surface area contributed by atoms with Gasteiger partial charge in [0, 0.05) is 18.7 Å². The highest BCUT2D eigenvalue weighted by Gasteiger charge is 2.28. The van der Waals surface area contributed by atoms with Gasteiger partial charge in [-0.15, -0.1) is 0 Å². The summed E-state index contributed by atoms with van der Waals surface area (Å²) in [5.74, 6) is 0.978. The van der Waals surface area contributed by atoms with Gasteiger partial charge in [0.15, 0.2) is 17.1 Å². The zero-order valence-electron chi connectivity index (χ0n) is 16.0. The number of para-hydroxylation sites is 2. The minimum Gasteiger partial charge on any atom is -0.493 e. The van der Waals surface area contributed by atoms with Crippen LogP contribution in [-0.2, 0) is 0 Å². The van der Waals surface area contributed by atoms with Gasteiger partial charge in [0.1, 0.15) is 5.52 Å². The average Bonchev–Trinajstić information content (AvgIpc) is 3.37. The average molecular weight is 381 g/mol. The van der Waals surface area contributed by atoms with E-state index < -0.39 is 0 Å². The topological polar surface area (TPSA) is 76.8 Å². The van der Waals surface area contributed by atoms with Crippen LogP contribution in [0.1, 0.15) is 23.2 Å². The molecule has 1 atom stereocenters. The fraction of sp³-hybridized carbons (Fsp3) is 0.333. The Labute approximate surface area is 163 Å². The summed E-state index contributed by atoms with van der Waals surface area (Å²) in [5, 5.41) is 3.02. The van der Waals surface area contributed by atoms with Gasteiger partial charge in [-0.1, -0.05) is 12.1 Å². The van der Waals surface area contributed by atoms with Crippen LogP contribution in [-0.4, -0.2) is 44.2 Å². The van der Waals surface area contributed by atoms with E-state index in [9.17, 15) is 4.79 Å². The van der Waals surface area contributed by atoms with Crippen molar-refractivity contribution in [1.29, 1.82) is 0 Å². The highest BCUT2D eigenvalue weighted by atomic mass is 16.5. The van der Waals surface area contributed by atoms with Gasteiger partial charge < -0.3 is 24.1 Å². The molecule has 1 aliphatic heterocycles. The van der Waals surface area contributed by atoms with Crippen LogP contribution in [0.2, 0.25) is 0 Å². The monoisotopic (exact) mass is 381 g/mol. The molecular weight excluding hydrogens is 358 g/mol. The number of oxazole rings is 1. The summed E-state index contributed by atoms with van der Waals surface area (Å²) in [4.78, 5) is 19.3. The Morgan fingerprint density at radius 3 is 2.82 bits per heavy atom. The van der Waals surface area contributed by atoms with E-state index >= 15 is 0 Å². The third-order valence-electron chi connectivity index (χ3n) is 5.05. The van der Waals surface area contributed by atoms with Crippen molar-refractivity contribution in [1.82, 2.24) is 10.3 Å². The molecule has 0 bridgehead atoms. The van der Waals surface area contributed by atoms with Gasteiger partial charge in [-0.3, -0.25) is 4.79 Å². The summed E-state index contributed by atoms with van der Waals surface area (Å²) in [5.41, 5.74) is 2.15. The highest BCUT2D eigenvalue weighted by Crippen LogP contribution is 2.29. The molecule has 1 N–H and O–H groups in total. The molecule has 7 heteroatoms. The highest BCUT2D eigenvalue weighted by molar-refractivity contribution is 5.95. The van der Waals surface area contributed by atoms with Gasteiger partial charge in [-0.05, 0) is 43.2 Å². The molecule has 1 amide bonds. The van der Waals surface area contributed by atoms with E-state index in [-0.39, 0.29) is 11.9 Å². The van der Waals surface area contributed by atoms with E-state index in [1.54, 1.807) is 32.4 Å². The number of fused-ring (bicyclic) bond motifs is 1. The summed E-state index contributed by atoms with van der Waals surface area (Å²) >= 11 is 0. The minimum atomic E-state index is -0.148. The van der Waals surface area contributed by atoms with Crippen molar-refractivity contribution in [2.75, 3.05) is 32.2 Å². The standard InChI is InChI=1S/C21H23N3O4/c1-26-18-10-9-14(12-19(18)27-2)20(25)22-13-15-6-5-11-24(15)21-23-16-7-3-4-8-17(16)28-21/h3-4,7-10,12,15H,5-6,11,13H2,1-2H3,(H,22,25). The van der Waals surface area contributed by atoms with Crippen molar-refractivity contribution < 1.29 is 18.7 Å². The predicted molar refractivity (Wildman–Crippen MR) is 106 cm³/mol. The normalized spacial score (nSPS) is 16.4. The van der Waals surface area contributed by atoms with Crippen LogP contribution in [0, 0.1) is 0 Å². The second-order valence-corrected chi connectivity index (χ2v) is 6.73. The van der Waals surface area contributed by atoms with Crippen LogP contribution in [0.15, 0.2) is 46.9 Å². The van der Waals surface area contributed by atoms with Crippen molar-refractivity contribution in [3.8, 4) is 11.5 Å². The zero-order valence-corrected chi connectivity index (χ0v) is 16.0. The molecule has 0 aliphatic carbocycles. The minimum absolute atomic E-state index is 0.148. The number of carbonyl (C=O) groups excluding carboxylic acids is 1. The number of ether oxygens (including phenoxy) is 2. The number of benzene rings is 2. The number of carbonyl (C=O) groups is 1. The molecule has 1 aromatic heterocycles. The van der Waals surface area contributed by atoms with Crippen molar-refractivity contribution in [2.45, 2.75) is 18.9 Å². The first-order valence-electron chi connectivity index (χ1n) is 9.32. The molecule has 1 aliphatic rings. The molecule has 2 heterocycles. The fourth-order valence-corrected chi connectivity index (χ4v) is 3.57. The van der Waals surface area contributed by atoms with Crippen molar-refractivity contribution in [3.63, 3.8) is 0 Å². The van der Waals surface area contributed by atoms with Gasteiger partial charge in [0.25, 0.3) is 11.9 Å². The molecule has 0 spiro atoms. The molecular formula is C21H23N3O4. The van der Waals surface area contributed by atoms with E-state index in [0.717, 1.165) is 30.5 Å². The summed E-state index contributed by atoms with van der Waals surface area (Å²) in [6.45, 7) is 1.38. The van der Waals surface area contributed by atoms with E-state index in [1.807, 2.05) is 24.3 Å². The number of rotatable bonds is 6. The predicted octanol–water partition coefficient (Wildman–Crippen LogP) is 3.24. The van der Waals surface area contributed by atoms with Gasteiger partial charge in [-0.2, -0.15) is 4.98 Å². The first-order valence-corrected chi connectivity index (χ1v) is 9.32. The lowest BCUT2D eigenvalue weighted by molar-refractivity contribution is 0.0950. The van der Waals surface area contributed by atoms with Crippen LogP contribution in [0.3, 0.4) is 0 Å². The van der Waals surface area contributed by atoms with Crippen LogP contribution in [0.5, 0.6) is 11.5 Å². The van der Waals surface area contributed by atoms with Gasteiger partial charge in [0.2, 0.25) is 0 Å². The lowest BCUT2D eigenvalue weighted by atomic mass is 10.1. The number of aromatic nitrogens is 1. The van der Waals surface area contributed by atoms with Crippen LogP contribution < -0.4 is 19.7 Å². The first kappa shape index (κ1) is 18.2. The number of methoxy groups -OCH3 is 2. The third-order valence-corrected chi connectivity index (χ3v) is 5.05. The SMILES string of the molecule is COc1ccc(C(=O)NCC2CCCN2c2nc3ccccc3o2)cc1OC. The van der Waals surface area contributed by atoms with E-state index in [4.69, 9.17) is 13.9 Å². The second kappa shape index (κ2) is 7.80. The number of amides is 1. The maximum absolute atomic E-state index is 12.6. The van der Waals surface area contributed by atoms with E-state index in [1.165, 1.54) is 0 Å². The van der Waals surface area contributed by atoms with Crippen LogP contribution >= 0.6 is 0 Å². The number of nitrogens with zero attached hydrogens (tertiary/aromatic N) is 2. The van der Waals surface area contributed by atoms with E-state index in [2.05, 4.69) is 15.2 Å². The Bertz CT molecular complexity index is 952. The summed E-state index contributed by atoms with van der Waals surface area (Å²) in [6, 6.07) is 13.6. The Morgan fingerprint density at radius 2 is 2.04 bits per heavy atom. The summed E-state index contributed by atoms with van der Waals surface area (Å²) in [6.07, 6.45) is 2.01. The maximum Gasteiger partial charge on any atom is 0.298 e. The number of anilines is 1. The van der Waals surface area contributed by atoms with Gasteiger partial charge in [-0.25, -0.2) is 0 Å². The largest absolute Gasteiger partial charge is 0.493 e. The quantitative estimate of drug-likeness (QED) is 0.706. The number of hydrogen-bond acceptors (Lipinski definition) is 6. The molecule has 2 aromatic carbocycles. The van der Waals surface area contributed by atoms with Crippen molar-refractivity contribution in [2.24, 2.45) is 0 Å². The maximum atomic E-state index is 12.6. The molecule has 1 saturated heterocycles. The second-order valence-electron chi connectivity index (χ2n) is 6.73. The fourth-order valence-electron chi connectivity index (χ4n) is 3.57. The van der Waals surface area contributed by atoms with Crippen LogP contribution in [0.4, 0.5) is 6.01 Å². The Morgan fingerprint density at radius 1 is 1.21 bits per heavy atom. The molecule has 1 unspecified atom stereocenters. The third kappa shape index (κ3) is 3.47. The van der Waals surface area contributed by atoms with Gasteiger partial charge >= 0.3 is 0 Å². The smallest absolute Gasteiger partial charge is 0.298 e. The zero-order chi connectivity index (χ0) is 19.5. The molecule has 4 rings (SSSR count). The van der Waals surface area contributed by atoms with Gasteiger partial charge in [0.05, 0.1) is 20.3 Å². The molecule has 3 aromatic rings. The lowest BCUT2D eigenvalue weighted by Crippen LogP contribution is -2.40.